The van der Waals surface area contributed by atoms with E-state index in [-0.39, 0.29) is 6.04 Å². The lowest BCUT2D eigenvalue weighted by Crippen LogP contribution is -2.33. The molecule has 1 aromatic rings. The Morgan fingerprint density at radius 2 is 2.17 bits per heavy atom. The largest absolute Gasteiger partial charge is 0.315 e. The van der Waals surface area contributed by atoms with Gasteiger partial charge < -0.3 is 5.32 Å². The van der Waals surface area contributed by atoms with Crippen LogP contribution in [0.3, 0.4) is 0 Å². The van der Waals surface area contributed by atoms with E-state index >= 15 is 0 Å². The van der Waals surface area contributed by atoms with Crippen LogP contribution in [0.4, 0.5) is 0 Å². The van der Waals surface area contributed by atoms with Gasteiger partial charge in [0.05, 0.1) is 4.90 Å². The highest BCUT2D eigenvalue weighted by Gasteiger charge is 2.37. The number of thiophene rings is 1. The van der Waals surface area contributed by atoms with E-state index in [0.717, 1.165) is 29.1 Å². The van der Waals surface area contributed by atoms with Crippen LogP contribution in [0.5, 0.6) is 0 Å². The number of aryl methyl sites for hydroxylation is 1. The second kappa shape index (κ2) is 5.28. The quantitative estimate of drug-likeness (QED) is 0.870. The molecule has 1 fully saturated rings. The topological polar surface area (TPSA) is 49.4 Å². The molecule has 1 aromatic heterocycles. The number of sulfonamides is 1. The fraction of sp³-hybridized carbons (Fsp3) is 0.667. The molecule has 0 unspecified atom stereocenters. The molecule has 0 saturated heterocycles. The second-order valence-corrected chi connectivity index (χ2v) is 7.80. The molecule has 1 aliphatic rings. The number of nitrogens with one attached hydrogen (secondary N) is 1. The monoisotopic (exact) mass is 288 g/mol. The molecule has 1 aliphatic carbocycles. The van der Waals surface area contributed by atoms with E-state index in [0.29, 0.717) is 11.4 Å². The van der Waals surface area contributed by atoms with Crippen LogP contribution in [0.15, 0.2) is 11.0 Å². The van der Waals surface area contributed by atoms with E-state index in [1.807, 2.05) is 27.0 Å². The van der Waals surface area contributed by atoms with Gasteiger partial charge in [0.1, 0.15) is 0 Å². The van der Waals surface area contributed by atoms with Gasteiger partial charge in [0.15, 0.2) is 0 Å². The number of rotatable bonds is 6. The van der Waals surface area contributed by atoms with E-state index in [1.165, 1.54) is 0 Å². The molecule has 0 aliphatic heterocycles. The van der Waals surface area contributed by atoms with Gasteiger partial charge in [-0.2, -0.15) is 4.31 Å². The van der Waals surface area contributed by atoms with Gasteiger partial charge >= 0.3 is 0 Å². The van der Waals surface area contributed by atoms with Crippen molar-refractivity contribution in [3.63, 3.8) is 0 Å². The molecule has 0 spiro atoms. The number of hydrogen-bond donors (Lipinski definition) is 1. The van der Waals surface area contributed by atoms with Crippen molar-refractivity contribution in [1.29, 1.82) is 0 Å². The molecule has 102 valence electrons. The summed E-state index contributed by atoms with van der Waals surface area (Å²) < 4.78 is 26.8. The summed E-state index contributed by atoms with van der Waals surface area (Å²) >= 11 is 1.56. The van der Waals surface area contributed by atoms with Crippen molar-refractivity contribution in [2.75, 3.05) is 13.6 Å². The van der Waals surface area contributed by atoms with Gasteiger partial charge in [-0.25, -0.2) is 8.42 Å². The Kier molecular flexibility index (Phi) is 4.11. The summed E-state index contributed by atoms with van der Waals surface area (Å²) in [6, 6.07) is 2.05. The summed E-state index contributed by atoms with van der Waals surface area (Å²) in [5, 5.41) is 3.06. The van der Waals surface area contributed by atoms with Crippen LogP contribution in [0.2, 0.25) is 0 Å². The fourth-order valence-corrected chi connectivity index (χ4v) is 5.47. The summed E-state index contributed by atoms with van der Waals surface area (Å²) in [6.45, 7) is 5.07. The van der Waals surface area contributed by atoms with Crippen molar-refractivity contribution in [3.05, 3.63) is 15.8 Å². The van der Waals surface area contributed by atoms with E-state index < -0.39 is 10.0 Å². The first-order valence-corrected chi connectivity index (χ1v) is 8.52. The van der Waals surface area contributed by atoms with Gasteiger partial charge in [-0.05, 0) is 32.9 Å². The molecular formula is C12H20N2O2S2. The van der Waals surface area contributed by atoms with E-state index in [1.54, 1.807) is 15.6 Å². The third kappa shape index (κ3) is 2.61. The van der Waals surface area contributed by atoms with Crippen molar-refractivity contribution < 1.29 is 8.42 Å². The number of hydrogen-bond acceptors (Lipinski definition) is 4. The van der Waals surface area contributed by atoms with Gasteiger partial charge in [0.25, 0.3) is 0 Å². The maximum absolute atomic E-state index is 12.6. The molecule has 1 saturated carbocycles. The van der Waals surface area contributed by atoms with E-state index in [4.69, 9.17) is 0 Å². The number of nitrogens with zero attached hydrogens (tertiary/aromatic N) is 1. The second-order valence-electron chi connectivity index (χ2n) is 4.60. The summed E-state index contributed by atoms with van der Waals surface area (Å²) in [5.74, 6) is 0. The molecule has 0 atom stereocenters. The third-order valence-electron chi connectivity index (χ3n) is 3.13. The Hall–Kier alpha value is -0.430. The van der Waals surface area contributed by atoms with Gasteiger partial charge in [-0.3, -0.25) is 0 Å². The van der Waals surface area contributed by atoms with Crippen molar-refractivity contribution >= 4 is 21.4 Å². The van der Waals surface area contributed by atoms with Crippen LogP contribution in [-0.2, 0) is 16.6 Å². The normalized spacial score (nSPS) is 16.4. The molecule has 0 aromatic carbocycles. The first-order chi connectivity index (χ1) is 8.50. The van der Waals surface area contributed by atoms with E-state index in [9.17, 15) is 8.42 Å². The van der Waals surface area contributed by atoms with Crippen LogP contribution in [0.1, 0.15) is 29.5 Å². The molecule has 1 heterocycles. The highest BCUT2D eigenvalue weighted by Crippen LogP contribution is 2.35. The summed E-state index contributed by atoms with van der Waals surface area (Å²) in [7, 11) is -1.43. The predicted octanol–water partition coefficient (Wildman–Crippen LogP) is 1.95. The fourth-order valence-electron chi connectivity index (χ4n) is 2.15. The molecule has 0 bridgehead atoms. The van der Waals surface area contributed by atoms with Gasteiger partial charge in [0.2, 0.25) is 10.0 Å². The Morgan fingerprint density at radius 1 is 1.50 bits per heavy atom. The average Bonchev–Trinajstić information content (AvgIpc) is 3.04. The zero-order valence-corrected chi connectivity index (χ0v) is 12.7. The molecule has 6 heteroatoms. The zero-order chi connectivity index (χ0) is 13.3. The molecule has 2 rings (SSSR count). The first-order valence-electron chi connectivity index (χ1n) is 6.26. The maximum atomic E-state index is 12.6. The van der Waals surface area contributed by atoms with Crippen LogP contribution in [0, 0.1) is 6.92 Å². The lowest BCUT2D eigenvalue weighted by Gasteiger charge is -2.19. The van der Waals surface area contributed by atoms with Crippen LogP contribution in [0.25, 0.3) is 0 Å². The van der Waals surface area contributed by atoms with Gasteiger partial charge in [-0.1, -0.05) is 6.92 Å². The molecular weight excluding hydrogens is 268 g/mol. The smallest absolute Gasteiger partial charge is 0.244 e. The van der Waals surface area contributed by atoms with Crippen LogP contribution >= 0.6 is 11.3 Å². The predicted molar refractivity (Wildman–Crippen MR) is 74.4 cm³/mol. The summed E-state index contributed by atoms with van der Waals surface area (Å²) in [4.78, 5) is 2.45. The Balaban J connectivity index is 2.33. The minimum atomic E-state index is -3.30. The van der Waals surface area contributed by atoms with Crippen molar-refractivity contribution in [3.8, 4) is 0 Å². The van der Waals surface area contributed by atoms with Crippen molar-refractivity contribution in [2.24, 2.45) is 0 Å². The molecule has 4 nitrogen and oxygen atoms in total. The van der Waals surface area contributed by atoms with E-state index in [2.05, 4.69) is 5.32 Å². The zero-order valence-electron chi connectivity index (χ0n) is 11.1. The van der Waals surface area contributed by atoms with Gasteiger partial charge in [0, 0.05) is 28.9 Å². The lowest BCUT2D eigenvalue weighted by atomic mass is 10.4. The molecule has 0 radical (unpaired) electrons. The minimum absolute atomic E-state index is 0.229. The van der Waals surface area contributed by atoms with Gasteiger partial charge in [-0.15, -0.1) is 11.3 Å². The maximum Gasteiger partial charge on any atom is 0.244 e. The van der Waals surface area contributed by atoms with Crippen molar-refractivity contribution in [2.45, 2.75) is 44.2 Å². The SMILES string of the molecule is CCN(C1CC1)S(=O)(=O)c1cc(CNC)sc1C. The Labute approximate surface area is 113 Å². The Morgan fingerprint density at radius 3 is 2.67 bits per heavy atom. The first kappa shape index (κ1) is 14.0. The standard InChI is InChI=1S/C12H20N2O2S2/c1-4-14(10-5-6-10)18(15,16)12-7-11(8-13-3)17-9(12)2/h7,10,13H,4-6,8H2,1-3H3. The summed E-state index contributed by atoms with van der Waals surface area (Å²) in [6.07, 6.45) is 2.00. The summed E-state index contributed by atoms with van der Waals surface area (Å²) in [5.41, 5.74) is 0. The molecule has 0 amide bonds. The highest BCUT2D eigenvalue weighted by atomic mass is 32.2. The van der Waals surface area contributed by atoms with Crippen LogP contribution in [-0.4, -0.2) is 32.4 Å². The minimum Gasteiger partial charge on any atom is -0.315 e. The third-order valence-corrected chi connectivity index (χ3v) is 6.46. The molecule has 1 N–H and O–H groups in total. The molecule has 18 heavy (non-hydrogen) atoms. The lowest BCUT2D eigenvalue weighted by molar-refractivity contribution is 0.421. The highest BCUT2D eigenvalue weighted by molar-refractivity contribution is 7.89. The van der Waals surface area contributed by atoms with Crippen molar-refractivity contribution in [1.82, 2.24) is 9.62 Å². The average molecular weight is 288 g/mol. The Bertz CT molecular complexity index is 518. The van der Waals surface area contributed by atoms with Crippen LogP contribution < -0.4 is 5.32 Å².